The second kappa shape index (κ2) is 3.03. The summed E-state index contributed by atoms with van der Waals surface area (Å²) in [5.41, 5.74) is 7.18. The summed E-state index contributed by atoms with van der Waals surface area (Å²) in [7, 11) is 0. The van der Waals surface area contributed by atoms with Gasteiger partial charge in [-0.1, -0.05) is 6.07 Å². The van der Waals surface area contributed by atoms with Gasteiger partial charge in [-0.3, -0.25) is 4.98 Å². The summed E-state index contributed by atoms with van der Waals surface area (Å²) in [5, 5.41) is 10.1. The number of aromatic nitrogens is 1. The molecule has 1 aromatic carbocycles. The quantitative estimate of drug-likeness (QED) is 0.687. The molecule has 13 heavy (non-hydrogen) atoms. The standard InChI is InChI=1S/C10H10N2O/c11-6-8-2-1-7-5-9(13)3-4-10(7)12-8/h1-5,13H,6,11H2. The molecule has 0 bridgehead atoms. The van der Waals surface area contributed by atoms with Gasteiger partial charge in [0.25, 0.3) is 0 Å². The van der Waals surface area contributed by atoms with E-state index in [0.29, 0.717) is 6.54 Å². The van der Waals surface area contributed by atoms with Crippen molar-refractivity contribution in [1.29, 1.82) is 0 Å². The Balaban J connectivity index is 2.66. The van der Waals surface area contributed by atoms with Gasteiger partial charge in [0.15, 0.2) is 0 Å². The van der Waals surface area contributed by atoms with E-state index in [2.05, 4.69) is 4.98 Å². The van der Waals surface area contributed by atoms with Crippen molar-refractivity contribution in [2.75, 3.05) is 0 Å². The topological polar surface area (TPSA) is 59.1 Å². The van der Waals surface area contributed by atoms with Gasteiger partial charge in [0.2, 0.25) is 0 Å². The fourth-order valence-corrected chi connectivity index (χ4v) is 1.27. The minimum atomic E-state index is 0.259. The summed E-state index contributed by atoms with van der Waals surface area (Å²) in [6.07, 6.45) is 0. The highest BCUT2D eigenvalue weighted by Gasteiger charge is 1.97. The summed E-state index contributed by atoms with van der Waals surface area (Å²) in [6, 6.07) is 8.86. The summed E-state index contributed by atoms with van der Waals surface area (Å²) in [5.74, 6) is 0.259. The minimum absolute atomic E-state index is 0.259. The van der Waals surface area contributed by atoms with Gasteiger partial charge in [0.1, 0.15) is 5.75 Å². The molecule has 3 heteroatoms. The maximum atomic E-state index is 9.20. The van der Waals surface area contributed by atoms with E-state index >= 15 is 0 Å². The second-order valence-electron chi connectivity index (χ2n) is 2.88. The molecule has 0 aliphatic carbocycles. The van der Waals surface area contributed by atoms with E-state index in [4.69, 9.17) is 5.73 Å². The van der Waals surface area contributed by atoms with E-state index in [1.165, 1.54) is 0 Å². The molecule has 0 fully saturated rings. The number of nitrogens with zero attached hydrogens (tertiary/aromatic N) is 1. The molecule has 0 aliphatic rings. The zero-order chi connectivity index (χ0) is 9.26. The number of benzene rings is 1. The Kier molecular flexibility index (Phi) is 1.87. The number of phenols is 1. The highest BCUT2D eigenvalue weighted by molar-refractivity contribution is 5.80. The first-order valence-corrected chi connectivity index (χ1v) is 4.08. The molecule has 2 aromatic rings. The lowest BCUT2D eigenvalue weighted by Crippen LogP contribution is -1.98. The second-order valence-corrected chi connectivity index (χ2v) is 2.88. The monoisotopic (exact) mass is 174 g/mol. The van der Waals surface area contributed by atoms with E-state index in [1.54, 1.807) is 18.2 Å². The Bertz CT molecular complexity index is 440. The van der Waals surface area contributed by atoms with Gasteiger partial charge >= 0.3 is 0 Å². The third kappa shape index (κ3) is 1.46. The smallest absolute Gasteiger partial charge is 0.116 e. The van der Waals surface area contributed by atoms with Gasteiger partial charge < -0.3 is 10.8 Å². The van der Waals surface area contributed by atoms with Gasteiger partial charge in [-0.25, -0.2) is 0 Å². The molecule has 66 valence electrons. The first-order chi connectivity index (χ1) is 6.29. The van der Waals surface area contributed by atoms with Crippen molar-refractivity contribution in [3.8, 4) is 5.75 Å². The predicted molar refractivity (Wildman–Crippen MR) is 51.3 cm³/mol. The molecule has 0 aliphatic heterocycles. The molecule has 0 radical (unpaired) electrons. The lowest BCUT2D eigenvalue weighted by atomic mass is 10.2. The summed E-state index contributed by atoms with van der Waals surface area (Å²) in [6.45, 7) is 0.441. The maximum absolute atomic E-state index is 9.20. The van der Waals surface area contributed by atoms with Crippen molar-refractivity contribution in [3.05, 3.63) is 36.0 Å². The molecule has 1 aromatic heterocycles. The largest absolute Gasteiger partial charge is 0.508 e. The van der Waals surface area contributed by atoms with Gasteiger partial charge in [-0.2, -0.15) is 0 Å². The van der Waals surface area contributed by atoms with Gasteiger partial charge in [-0.15, -0.1) is 0 Å². The van der Waals surface area contributed by atoms with Crippen LogP contribution in [0.2, 0.25) is 0 Å². The highest BCUT2D eigenvalue weighted by atomic mass is 16.3. The van der Waals surface area contributed by atoms with Crippen LogP contribution in [0.1, 0.15) is 5.69 Å². The molecule has 1 heterocycles. The number of phenolic OH excluding ortho intramolecular Hbond substituents is 1. The van der Waals surface area contributed by atoms with Crippen LogP contribution < -0.4 is 5.73 Å². The van der Waals surface area contributed by atoms with Gasteiger partial charge in [0.05, 0.1) is 11.2 Å². The van der Waals surface area contributed by atoms with Gasteiger partial charge in [0, 0.05) is 11.9 Å². The Morgan fingerprint density at radius 3 is 2.85 bits per heavy atom. The number of pyridine rings is 1. The molecule has 2 rings (SSSR count). The van der Waals surface area contributed by atoms with Crippen molar-refractivity contribution in [2.24, 2.45) is 5.73 Å². The van der Waals surface area contributed by atoms with Crippen LogP contribution in [0, 0.1) is 0 Å². The average molecular weight is 174 g/mol. The number of hydrogen-bond donors (Lipinski definition) is 2. The van der Waals surface area contributed by atoms with Crippen LogP contribution in [-0.4, -0.2) is 10.1 Å². The van der Waals surface area contributed by atoms with Crippen LogP contribution >= 0.6 is 0 Å². The van der Waals surface area contributed by atoms with E-state index in [0.717, 1.165) is 16.6 Å². The molecule has 0 amide bonds. The van der Waals surface area contributed by atoms with Crippen LogP contribution in [0.15, 0.2) is 30.3 Å². The van der Waals surface area contributed by atoms with Crippen molar-refractivity contribution >= 4 is 10.9 Å². The van der Waals surface area contributed by atoms with E-state index in [9.17, 15) is 5.11 Å². The Labute approximate surface area is 75.8 Å². The number of fused-ring (bicyclic) bond motifs is 1. The number of nitrogens with two attached hydrogens (primary N) is 1. The summed E-state index contributed by atoms with van der Waals surface area (Å²) < 4.78 is 0. The molecule has 0 unspecified atom stereocenters. The van der Waals surface area contributed by atoms with E-state index < -0.39 is 0 Å². The maximum Gasteiger partial charge on any atom is 0.116 e. The number of hydrogen-bond acceptors (Lipinski definition) is 3. The van der Waals surface area contributed by atoms with Crippen molar-refractivity contribution in [3.63, 3.8) is 0 Å². The van der Waals surface area contributed by atoms with Crippen molar-refractivity contribution in [1.82, 2.24) is 4.98 Å². The summed E-state index contributed by atoms with van der Waals surface area (Å²) in [4.78, 5) is 4.30. The molecule has 0 atom stereocenters. The van der Waals surface area contributed by atoms with Crippen LogP contribution in [0.25, 0.3) is 10.9 Å². The Hall–Kier alpha value is -1.61. The predicted octanol–water partition coefficient (Wildman–Crippen LogP) is 1.40. The molecule has 0 saturated carbocycles. The van der Waals surface area contributed by atoms with Crippen LogP contribution in [0.3, 0.4) is 0 Å². The Morgan fingerprint density at radius 2 is 2.08 bits per heavy atom. The molecular formula is C10H10N2O. The fourth-order valence-electron chi connectivity index (χ4n) is 1.27. The zero-order valence-corrected chi connectivity index (χ0v) is 7.07. The van der Waals surface area contributed by atoms with Crippen molar-refractivity contribution < 1.29 is 5.11 Å². The van der Waals surface area contributed by atoms with Crippen LogP contribution in [-0.2, 0) is 6.54 Å². The SMILES string of the molecule is NCc1ccc2cc(O)ccc2n1. The molecule has 3 N–H and O–H groups in total. The first-order valence-electron chi connectivity index (χ1n) is 4.08. The average Bonchev–Trinajstić information content (AvgIpc) is 2.17. The highest BCUT2D eigenvalue weighted by Crippen LogP contribution is 2.18. The Morgan fingerprint density at radius 1 is 1.23 bits per heavy atom. The summed E-state index contributed by atoms with van der Waals surface area (Å²) >= 11 is 0. The van der Waals surface area contributed by atoms with Crippen LogP contribution in [0.4, 0.5) is 0 Å². The lowest BCUT2D eigenvalue weighted by Gasteiger charge is -2.00. The molecule has 3 nitrogen and oxygen atoms in total. The number of rotatable bonds is 1. The fraction of sp³-hybridized carbons (Fsp3) is 0.100. The third-order valence-electron chi connectivity index (χ3n) is 1.94. The third-order valence-corrected chi connectivity index (χ3v) is 1.94. The van der Waals surface area contributed by atoms with Crippen LogP contribution in [0.5, 0.6) is 5.75 Å². The minimum Gasteiger partial charge on any atom is -0.508 e. The van der Waals surface area contributed by atoms with Crippen molar-refractivity contribution in [2.45, 2.75) is 6.54 Å². The molecule has 0 spiro atoms. The van der Waals surface area contributed by atoms with E-state index in [-0.39, 0.29) is 5.75 Å². The molecular weight excluding hydrogens is 164 g/mol. The molecule has 0 saturated heterocycles. The normalized spacial score (nSPS) is 10.5. The van der Waals surface area contributed by atoms with Gasteiger partial charge in [-0.05, 0) is 24.3 Å². The van der Waals surface area contributed by atoms with E-state index in [1.807, 2.05) is 12.1 Å². The number of aromatic hydroxyl groups is 1. The zero-order valence-electron chi connectivity index (χ0n) is 7.07. The lowest BCUT2D eigenvalue weighted by molar-refractivity contribution is 0.476. The first kappa shape index (κ1) is 8.01.